The van der Waals surface area contributed by atoms with Crippen LogP contribution in [0.4, 0.5) is 11.4 Å². The fraction of sp³-hybridized carbons (Fsp3) is 0.333. The summed E-state index contributed by atoms with van der Waals surface area (Å²) >= 11 is 0. The minimum atomic E-state index is -0.482. The number of allylic oxidation sites excluding steroid dienone is 3. The lowest BCUT2D eigenvalue weighted by Gasteiger charge is -2.37. The first-order chi connectivity index (χ1) is 20.8. The number of amides is 1. The highest BCUT2D eigenvalue weighted by atomic mass is 16.5. The molecule has 0 saturated carbocycles. The van der Waals surface area contributed by atoms with Crippen molar-refractivity contribution >= 4 is 23.1 Å². The van der Waals surface area contributed by atoms with E-state index in [1.165, 1.54) is 0 Å². The molecule has 0 radical (unpaired) electrons. The Labute approximate surface area is 254 Å². The van der Waals surface area contributed by atoms with Crippen molar-refractivity contribution in [2.24, 2.45) is 0 Å². The Kier molecular flexibility index (Phi) is 8.90. The first-order valence-corrected chi connectivity index (χ1v) is 15.0. The van der Waals surface area contributed by atoms with Gasteiger partial charge in [0.05, 0.1) is 14.2 Å². The molecule has 0 saturated heterocycles. The normalized spacial score (nSPS) is 18.1. The van der Waals surface area contributed by atoms with Crippen LogP contribution in [-0.4, -0.2) is 39.0 Å². The fourth-order valence-corrected chi connectivity index (χ4v) is 6.38. The summed E-state index contributed by atoms with van der Waals surface area (Å²) in [6.07, 6.45) is 0.990. The molecule has 43 heavy (non-hydrogen) atoms. The summed E-state index contributed by atoms with van der Waals surface area (Å²) in [6, 6.07) is 21.9. The van der Waals surface area contributed by atoms with Gasteiger partial charge in [0.2, 0.25) is 0 Å². The molecule has 2 unspecified atom stereocenters. The maximum absolute atomic E-state index is 14.1. The highest BCUT2D eigenvalue weighted by Crippen LogP contribution is 2.46. The minimum absolute atomic E-state index is 0.0283. The number of dihydropyridines is 1. The van der Waals surface area contributed by atoms with Crippen molar-refractivity contribution in [2.75, 3.05) is 37.5 Å². The Morgan fingerprint density at radius 1 is 0.907 bits per heavy atom. The van der Waals surface area contributed by atoms with Gasteiger partial charge in [0.1, 0.15) is 0 Å². The van der Waals surface area contributed by atoms with E-state index in [9.17, 15) is 9.59 Å². The monoisotopic (exact) mass is 579 g/mol. The van der Waals surface area contributed by atoms with Crippen LogP contribution in [-0.2, 0) is 9.59 Å². The first kappa shape index (κ1) is 30.0. The summed E-state index contributed by atoms with van der Waals surface area (Å²) in [6.45, 7) is 9.97. The third-order valence-electron chi connectivity index (χ3n) is 8.70. The number of carbonyl (C=O) groups excluding carboxylic acids is 2. The maximum Gasteiger partial charge on any atom is 0.254 e. The summed E-state index contributed by atoms with van der Waals surface area (Å²) in [5.41, 5.74) is 7.66. The number of anilines is 2. The van der Waals surface area contributed by atoms with Crippen LogP contribution >= 0.6 is 0 Å². The van der Waals surface area contributed by atoms with Gasteiger partial charge >= 0.3 is 0 Å². The van der Waals surface area contributed by atoms with Crippen molar-refractivity contribution in [2.45, 2.75) is 52.4 Å². The average molecular weight is 580 g/mol. The van der Waals surface area contributed by atoms with Crippen molar-refractivity contribution < 1.29 is 19.1 Å². The largest absolute Gasteiger partial charge is 0.493 e. The van der Waals surface area contributed by atoms with Crippen LogP contribution in [0.15, 0.2) is 89.3 Å². The lowest BCUT2D eigenvalue weighted by atomic mass is 9.71. The Morgan fingerprint density at radius 3 is 2.23 bits per heavy atom. The number of ether oxygens (including phenoxy) is 2. The first-order valence-electron chi connectivity index (χ1n) is 15.0. The van der Waals surface area contributed by atoms with Crippen LogP contribution in [0.3, 0.4) is 0 Å². The topological polar surface area (TPSA) is 79.9 Å². The molecular formula is C36H41N3O4. The van der Waals surface area contributed by atoms with E-state index in [0.717, 1.165) is 52.5 Å². The number of hydrogen-bond acceptors (Lipinski definition) is 6. The highest BCUT2D eigenvalue weighted by Gasteiger charge is 2.41. The SMILES string of the molecule is CCN(CC)c1ccc(C2C(C(=O)Nc3ccccc3C)=C(C)NC3=C2C(=O)CC(c2ccc(OC)c(OC)c2)C3)cc1. The van der Waals surface area contributed by atoms with E-state index in [2.05, 4.69) is 53.6 Å². The number of nitrogens with zero attached hydrogens (tertiary/aromatic N) is 1. The predicted octanol–water partition coefficient (Wildman–Crippen LogP) is 6.86. The Balaban J connectivity index is 1.56. The van der Waals surface area contributed by atoms with Crippen LogP contribution in [0.2, 0.25) is 0 Å². The number of benzene rings is 3. The molecule has 5 rings (SSSR count). The molecule has 1 amide bonds. The lowest BCUT2D eigenvalue weighted by Crippen LogP contribution is -2.37. The predicted molar refractivity (Wildman–Crippen MR) is 172 cm³/mol. The van der Waals surface area contributed by atoms with Crippen molar-refractivity contribution in [1.29, 1.82) is 0 Å². The molecule has 7 heteroatoms. The lowest BCUT2D eigenvalue weighted by molar-refractivity contribution is -0.116. The quantitative estimate of drug-likeness (QED) is 0.288. The number of para-hydroxylation sites is 1. The van der Waals surface area contributed by atoms with Gasteiger partial charge in [-0.05, 0) is 87.1 Å². The molecule has 2 aliphatic rings. The van der Waals surface area contributed by atoms with Gasteiger partial charge in [-0.15, -0.1) is 0 Å². The van der Waals surface area contributed by atoms with Crippen LogP contribution < -0.4 is 25.0 Å². The van der Waals surface area contributed by atoms with Crippen molar-refractivity contribution in [1.82, 2.24) is 5.32 Å². The third-order valence-corrected chi connectivity index (χ3v) is 8.70. The molecule has 1 heterocycles. The van der Waals surface area contributed by atoms with Gasteiger partial charge in [0.15, 0.2) is 17.3 Å². The van der Waals surface area contributed by atoms with Crippen molar-refractivity contribution in [3.05, 3.63) is 106 Å². The van der Waals surface area contributed by atoms with Gasteiger partial charge in [0.25, 0.3) is 5.91 Å². The fourth-order valence-electron chi connectivity index (χ4n) is 6.38. The molecule has 3 aromatic rings. The maximum atomic E-state index is 14.1. The van der Waals surface area contributed by atoms with E-state index >= 15 is 0 Å². The second-order valence-corrected chi connectivity index (χ2v) is 11.2. The Morgan fingerprint density at radius 2 is 1.58 bits per heavy atom. The summed E-state index contributed by atoms with van der Waals surface area (Å²) in [5.74, 6) is 0.615. The molecule has 224 valence electrons. The molecule has 1 aliphatic carbocycles. The number of ketones is 1. The van der Waals surface area contributed by atoms with Gasteiger partial charge in [-0.25, -0.2) is 0 Å². The van der Waals surface area contributed by atoms with E-state index in [4.69, 9.17) is 9.47 Å². The number of rotatable bonds is 9. The molecule has 0 spiro atoms. The number of nitrogens with one attached hydrogen (secondary N) is 2. The van der Waals surface area contributed by atoms with E-state index in [0.29, 0.717) is 35.5 Å². The summed E-state index contributed by atoms with van der Waals surface area (Å²) < 4.78 is 11.0. The van der Waals surface area contributed by atoms with Crippen LogP contribution in [0, 0.1) is 6.92 Å². The van der Waals surface area contributed by atoms with Crippen LogP contribution in [0.5, 0.6) is 11.5 Å². The second kappa shape index (κ2) is 12.8. The van der Waals surface area contributed by atoms with E-state index in [1.54, 1.807) is 14.2 Å². The van der Waals surface area contributed by atoms with Gasteiger partial charge in [-0.2, -0.15) is 0 Å². The van der Waals surface area contributed by atoms with Gasteiger partial charge in [-0.1, -0.05) is 36.4 Å². The minimum Gasteiger partial charge on any atom is -0.493 e. The zero-order chi connectivity index (χ0) is 30.7. The number of hydrogen-bond donors (Lipinski definition) is 2. The smallest absolute Gasteiger partial charge is 0.254 e. The number of carbonyl (C=O) groups is 2. The van der Waals surface area contributed by atoms with Crippen molar-refractivity contribution in [3.63, 3.8) is 0 Å². The molecule has 7 nitrogen and oxygen atoms in total. The molecule has 3 aromatic carbocycles. The van der Waals surface area contributed by atoms with E-state index in [-0.39, 0.29) is 17.6 Å². The summed E-state index contributed by atoms with van der Waals surface area (Å²) in [7, 11) is 3.23. The Bertz CT molecular complexity index is 1580. The van der Waals surface area contributed by atoms with E-state index in [1.807, 2.05) is 56.3 Å². The van der Waals surface area contributed by atoms with Gasteiger partial charge in [0, 0.05) is 59.3 Å². The zero-order valence-corrected chi connectivity index (χ0v) is 25.9. The second-order valence-electron chi connectivity index (χ2n) is 11.2. The number of methoxy groups -OCH3 is 2. The van der Waals surface area contributed by atoms with E-state index < -0.39 is 5.92 Å². The Hall–Kier alpha value is -4.52. The molecule has 0 fully saturated rings. The molecule has 0 bridgehead atoms. The van der Waals surface area contributed by atoms with Crippen LogP contribution in [0.25, 0.3) is 0 Å². The molecule has 0 aromatic heterocycles. The summed E-state index contributed by atoms with van der Waals surface area (Å²) in [5, 5.41) is 6.61. The number of aryl methyl sites for hydroxylation is 1. The van der Waals surface area contributed by atoms with Gasteiger partial charge in [-0.3, -0.25) is 9.59 Å². The molecule has 1 aliphatic heterocycles. The van der Waals surface area contributed by atoms with Crippen molar-refractivity contribution in [3.8, 4) is 11.5 Å². The standard InChI is InChI=1S/C36H41N3O4/c1-7-39(8-2)27-16-13-24(14-17-27)34-33(36(41)38-28-12-10-9-11-22(28)3)23(4)37-29-19-26(20-30(40)35(29)34)25-15-18-31(42-5)32(21-25)43-6/h9-18,21,26,34,37H,7-8,19-20H2,1-6H3,(H,38,41). The molecule has 2 N–H and O–H groups in total. The third kappa shape index (κ3) is 5.89. The summed E-state index contributed by atoms with van der Waals surface area (Å²) in [4.78, 5) is 30.4. The zero-order valence-electron chi connectivity index (χ0n) is 25.9. The highest BCUT2D eigenvalue weighted by molar-refractivity contribution is 6.10. The molecule has 2 atom stereocenters. The van der Waals surface area contributed by atoms with Gasteiger partial charge < -0.3 is 25.0 Å². The van der Waals surface area contributed by atoms with Crippen LogP contribution in [0.1, 0.15) is 62.1 Å². The number of Topliss-reactive ketones (excluding diaryl/α,β-unsaturated/α-hetero) is 1. The molecular weight excluding hydrogens is 538 g/mol. The average Bonchev–Trinajstić information content (AvgIpc) is 3.02.